The van der Waals surface area contributed by atoms with Crippen molar-refractivity contribution in [3.05, 3.63) is 40.4 Å². The molecular formula is C19H22N8O. The Labute approximate surface area is 162 Å². The average Bonchev–Trinajstić information content (AvgIpc) is 3.13. The molecule has 0 radical (unpaired) electrons. The first kappa shape index (κ1) is 18.0. The van der Waals surface area contributed by atoms with E-state index in [9.17, 15) is 10.1 Å². The number of hydrogen-bond acceptors (Lipinski definition) is 7. The number of pyridine rings is 1. The summed E-state index contributed by atoms with van der Waals surface area (Å²) in [5.41, 5.74) is 0.697. The summed E-state index contributed by atoms with van der Waals surface area (Å²) in [5.74, 6) is 1.25. The van der Waals surface area contributed by atoms with Crippen molar-refractivity contribution in [3.63, 3.8) is 0 Å². The number of piperazine rings is 1. The monoisotopic (exact) mass is 378 g/mol. The molecule has 1 aliphatic heterocycles. The van der Waals surface area contributed by atoms with E-state index in [0.29, 0.717) is 54.5 Å². The fourth-order valence-electron chi connectivity index (χ4n) is 3.41. The van der Waals surface area contributed by atoms with Crippen LogP contribution in [0.15, 0.2) is 29.3 Å². The molecule has 28 heavy (non-hydrogen) atoms. The van der Waals surface area contributed by atoms with E-state index in [-0.39, 0.29) is 11.1 Å². The van der Waals surface area contributed by atoms with Crippen LogP contribution in [0.2, 0.25) is 0 Å². The summed E-state index contributed by atoms with van der Waals surface area (Å²) in [5, 5.41) is 14.1. The Morgan fingerprint density at radius 1 is 1.18 bits per heavy atom. The lowest BCUT2D eigenvalue weighted by molar-refractivity contribution is 0.366. The zero-order valence-electron chi connectivity index (χ0n) is 16.2. The molecule has 3 aromatic rings. The Bertz CT molecular complexity index is 1110. The van der Waals surface area contributed by atoms with Crippen molar-refractivity contribution in [2.75, 3.05) is 36.0 Å². The average molecular weight is 378 g/mol. The van der Waals surface area contributed by atoms with Crippen LogP contribution in [0.3, 0.4) is 0 Å². The third-order valence-electron chi connectivity index (χ3n) is 4.85. The summed E-state index contributed by atoms with van der Waals surface area (Å²) in [4.78, 5) is 28.6. The molecule has 0 saturated carbocycles. The van der Waals surface area contributed by atoms with Crippen molar-refractivity contribution in [2.24, 2.45) is 0 Å². The maximum atomic E-state index is 12.5. The summed E-state index contributed by atoms with van der Waals surface area (Å²) in [7, 11) is 0. The number of nitriles is 1. The van der Waals surface area contributed by atoms with Gasteiger partial charge in [-0.3, -0.25) is 9.78 Å². The minimum atomic E-state index is -0.273. The molecule has 0 atom stereocenters. The van der Waals surface area contributed by atoms with Crippen LogP contribution in [0, 0.1) is 11.3 Å². The molecule has 0 unspecified atom stereocenters. The van der Waals surface area contributed by atoms with Crippen LogP contribution in [0.5, 0.6) is 0 Å². The molecule has 4 rings (SSSR count). The van der Waals surface area contributed by atoms with Crippen molar-refractivity contribution < 1.29 is 0 Å². The van der Waals surface area contributed by atoms with E-state index in [1.165, 1.54) is 0 Å². The van der Waals surface area contributed by atoms with E-state index in [1.807, 2.05) is 25.7 Å². The molecule has 9 nitrogen and oxygen atoms in total. The first-order valence-corrected chi connectivity index (χ1v) is 9.22. The van der Waals surface area contributed by atoms with Crippen LogP contribution < -0.4 is 15.4 Å². The smallest absolute Gasteiger partial charge is 0.263 e. The second-order valence-corrected chi connectivity index (χ2v) is 7.81. The summed E-state index contributed by atoms with van der Waals surface area (Å²) >= 11 is 0. The van der Waals surface area contributed by atoms with Gasteiger partial charge in [0.05, 0.1) is 17.3 Å². The molecular weight excluding hydrogens is 356 g/mol. The maximum absolute atomic E-state index is 12.5. The van der Waals surface area contributed by atoms with E-state index in [2.05, 4.69) is 26.0 Å². The molecule has 144 valence electrons. The van der Waals surface area contributed by atoms with E-state index < -0.39 is 0 Å². The van der Waals surface area contributed by atoms with E-state index in [1.54, 1.807) is 29.2 Å². The molecule has 0 spiro atoms. The highest BCUT2D eigenvalue weighted by molar-refractivity contribution is 5.74. The Kier molecular flexibility index (Phi) is 4.26. The number of anilines is 2. The summed E-state index contributed by atoms with van der Waals surface area (Å²) in [6.07, 6.45) is 3.27. The standard InChI is InChI=1S/C19H22N8O/c1-19(2,3)27-16-14(12-22-27)17(28)24-18(23-16)26-9-7-25(8-10-26)15-13(11-20)5-4-6-21-15/h4-6,12H,7-10H2,1-3H3,(H,23,24,28). The van der Waals surface area contributed by atoms with Gasteiger partial charge in [0.1, 0.15) is 17.3 Å². The van der Waals surface area contributed by atoms with Gasteiger partial charge in [0.2, 0.25) is 5.95 Å². The molecule has 1 aliphatic rings. The van der Waals surface area contributed by atoms with E-state index >= 15 is 0 Å². The lowest BCUT2D eigenvalue weighted by Gasteiger charge is -2.35. The molecule has 1 fully saturated rings. The number of aromatic amines is 1. The highest BCUT2D eigenvalue weighted by Gasteiger charge is 2.24. The van der Waals surface area contributed by atoms with Gasteiger partial charge in [-0.15, -0.1) is 0 Å². The predicted molar refractivity (Wildman–Crippen MR) is 107 cm³/mol. The molecule has 0 bridgehead atoms. The van der Waals surface area contributed by atoms with Gasteiger partial charge in [0, 0.05) is 32.4 Å². The zero-order valence-corrected chi connectivity index (χ0v) is 16.2. The molecule has 0 amide bonds. The van der Waals surface area contributed by atoms with Gasteiger partial charge in [0.25, 0.3) is 5.56 Å². The molecule has 3 aromatic heterocycles. The molecule has 9 heteroatoms. The zero-order chi connectivity index (χ0) is 19.9. The summed E-state index contributed by atoms with van der Waals surface area (Å²) in [6.45, 7) is 8.79. The van der Waals surface area contributed by atoms with E-state index in [0.717, 1.165) is 0 Å². The molecule has 1 saturated heterocycles. The highest BCUT2D eigenvalue weighted by atomic mass is 16.1. The number of hydrogen-bond donors (Lipinski definition) is 1. The van der Waals surface area contributed by atoms with Crippen LogP contribution in [-0.2, 0) is 5.54 Å². The lowest BCUT2D eigenvalue weighted by Crippen LogP contribution is -2.48. The Morgan fingerprint density at radius 2 is 1.89 bits per heavy atom. The maximum Gasteiger partial charge on any atom is 0.263 e. The third kappa shape index (κ3) is 3.07. The largest absolute Gasteiger partial charge is 0.352 e. The van der Waals surface area contributed by atoms with Crippen molar-refractivity contribution in [1.29, 1.82) is 5.26 Å². The molecule has 4 heterocycles. The van der Waals surface area contributed by atoms with Crippen LogP contribution in [0.25, 0.3) is 11.0 Å². The van der Waals surface area contributed by atoms with Crippen molar-refractivity contribution >= 4 is 22.8 Å². The van der Waals surface area contributed by atoms with Gasteiger partial charge in [-0.05, 0) is 32.9 Å². The number of nitrogens with one attached hydrogen (secondary N) is 1. The van der Waals surface area contributed by atoms with Gasteiger partial charge in [-0.25, -0.2) is 9.67 Å². The van der Waals surface area contributed by atoms with Crippen molar-refractivity contribution in [3.8, 4) is 6.07 Å². The lowest BCUT2D eigenvalue weighted by atomic mass is 10.1. The van der Waals surface area contributed by atoms with Gasteiger partial charge in [0.15, 0.2) is 5.65 Å². The SMILES string of the molecule is CC(C)(C)n1ncc2c(=O)[nH]c(N3CCN(c4ncccc4C#N)CC3)nc21. The number of H-pyrrole nitrogens is 1. The fraction of sp³-hybridized carbons (Fsp3) is 0.421. The number of fused-ring (bicyclic) bond motifs is 1. The molecule has 1 N–H and O–H groups in total. The van der Waals surface area contributed by atoms with Crippen LogP contribution in [0.1, 0.15) is 26.3 Å². The minimum Gasteiger partial charge on any atom is -0.352 e. The number of nitrogens with zero attached hydrogens (tertiary/aromatic N) is 7. The normalized spacial score (nSPS) is 15.1. The van der Waals surface area contributed by atoms with Gasteiger partial charge in [-0.2, -0.15) is 15.3 Å². The second-order valence-electron chi connectivity index (χ2n) is 7.81. The van der Waals surface area contributed by atoms with Crippen LogP contribution >= 0.6 is 0 Å². The number of rotatable bonds is 2. The van der Waals surface area contributed by atoms with Gasteiger partial charge >= 0.3 is 0 Å². The minimum absolute atomic E-state index is 0.186. The quantitative estimate of drug-likeness (QED) is 0.719. The Hall–Kier alpha value is -3.41. The summed E-state index contributed by atoms with van der Waals surface area (Å²) in [6, 6.07) is 5.73. The second kappa shape index (κ2) is 6.64. The number of aromatic nitrogens is 5. The molecule has 0 aliphatic carbocycles. The van der Waals surface area contributed by atoms with Crippen LogP contribution in [-0.4, -0.2) is 50.9 Å². The van der Waals surface area contributed by atoms with Gasteiger partial charge in [-0.1, -0.05) is 0 Å². The first-order valence-electron chi connectivity index (χ1n) is 9.22. The molecule has 0 aromatic carbocycles. The predicted octanol–water partition coefficient (Wildman–Crippen LogP) is 1.47. The van der Waals surface area contributed by atoms with Crippen molar-refractivity contribution in [1.82, 2.24) is 24.7 Å². The van der Waals surface area contributed by atoms with Crippen molar-refractivity contribution in [2.45, 2.75) is 26.3 Å². The van der Waals surface area contributed by atoms with Gasteiger partial charge < -0.3 is 9.80 Å². The van der Waals surface area contributed by atoms with E-state index in [4.69, 9.17) is 4.98 Å². The topological polar surface area (TPSA) is 107 Å². The Morgan fingerprint density at radius 3 is 2.57 bits per heavy atom. The van der Waals surface area contributed by atoms with Crippen LogP contribution in [0.4, 0.5) is 11.8 Å². The summed E-state index contributed by atoms with van der Waals surface area (Å²) < 4.78 is 1.78. The first-order chi connectivity index (χ1) is 13.4. The Balaban J connectivity index is 1.61. The third-order valence-corrected chi connectivity index (χ3v) is 4.85. The highest BCUT2D eigenvalue weighted by Crippen LogP contribution is 2.22. The fourth-order valence-corrected chi connectivity index (χ4v) is 3.41.